The third-order valence-electron chi connectivity index (χ3n) is 12.6. The summed E-state index contributed by atoms with van der Waals surface area (Å²) in [5.41, 5.74) is 4.84. The number of aromatic hydroxyl groups is 1. The molecule has 2 saturated heterocycles. The molecule has 2 fully saturated rings. The highest BCUT2D eigenvalue weighted by atomic mass is 16.6. The molecule has 0 spiro atoms. The molecule has 2 aliphatic rings. The highest BCUT2D eigenvalue weighted by Crippen LogP contribution is 2.43. The first-order valence-electron chi connectivity index (χ1n) is 21.6. The maximum Gasteiger partial charge on any atom is 0.342 e. The quantitative estimate of drug-likeness (QED) is 0.145. The number of benzene rings is 4. The van der Waals surface area contributed by atoms with Gasteiger partial charge in [0.15, 0.2) is 0 Å². The Hall–Kier alpha value is -4.46. The van der Waals surface area contributed by atoms with E-state index in [-0.39, 0.29) is 33.5 Å². The standard InChI is InChI=1S/C52H68N2O5/c1-47(2,3)39-29-36(30-40(31-39)48(4,5)6)45(56)58-52(22-26-54-27-23-52)38-19-15-16-35(28-38)34-50(10,11)43-33-41(49(7,8)9)32-42(44(43)55)46(57)59-51(20-24-53-25-21-51)37-17-13-12-14-18-37/h12-19,28-33,53-55H,20-27,34H2,1-11H3. The predicted octanol–water partition coefficient (Wildman–Crippen LogP) is 10.7. The summed E-state index contributed by atoms with van der Waals surface area (Å²) in [5.74, 6) is -0.871. The predicted molar refractivity (Wildman–Crippen MR) is 239 cm³/mol. The molecular formula is C52H68N2O5. The Morgan fingerprint density at radius 1 is 0.576 bits per heavy atom. The lowest BCUT2D eigenvalue weighted by Gasteiger charge is -2.38. The minimum atomic E-state index is -0.809. The number of rotatable bonds is 9. The Kier molecular flexibility index (Phi) is 12.4. The molecule has 2 heterocycles. The Labute approximate surface area is 353 Å². The highest BCUT2D eigenvalue weighted by molar-refractivity contribution is 5.94. The number of esters is 2. The smallest absolute Gasteiger partial charge is 0.342 e. The first-order valence-corrected chi connectivity index (χ1v) is 21.6. The molecule has 316 valence electrons. The van der Waals surface area contributed by atoms with Crippen molar-refractivity contribution in [3.8, 4) is 5.75 Å². The lowest BCUT2D eigenvalue weighted by molar-refractivity contribution is -0.0388. The molecule has 0 unspecified atom stereocenters. The van der Waals surface area contributed by atoms with E-state index in [0.29, 0.717) is 43.2 Å². The van der Waals surface area contributed by atoms with Crippen LogP contribution in [0.25, 0.3) is 0 Å². The van der Waals surface area contributed by atoms with Crippen LogP contribution in [0.15, 0.2) is 84.9 Å². The van der Waals surface area contributed by atoms with Crippen LogP contribution in [0.5, 0.6) is 5.75 Å². The fourth-order valence-corrected chi connectivity index (χ4v) is 8.69. The second kappa shape index (κ2) is 16.5. The van der Waals surface area contributed by atoms with Gasteiger partial charge in [-0.15, -0.1) is 0 Å². The molecule has 0 aromatic heterocycles. The fourth-order valence-electron chi connectivity index (χ4n) is 8.69. The number of carbonyl (C=O) groups excluding carboxylic acids is 2. The van der Waals surface area contributed by atoms with Crippen molar-refractivity contribution in [2.24, 2.45) is 0 Å². The minimum absolute atomic E-state index is 0.0443. The number of hydrogen-bond acceptors (Lipinski definition) is 7. The third-order valence-corrected chi connectivity index (χ3v) is 12.6. The zero-order valence-corrected chi connectivity index (χ0v) is 37.5. The highest BCUT2D eigenvalue weighted by Gasteiger charge is 2.41. The van der Waals surface area contributed by atoms with Crippen molar-refractivity contribution >= 4 is 11.9 Å². The van der Waals surface area contributed by atoms with Gasteiger partial charge in [0.25, 0.3) is 0 Å². The number of ether oxygens (including phenoxy) is 2. The number of nitrogens with one attached hydrogen (secondary N) is 2. The van der Waals surface area contributed by atoms with Crippen molar-refractivity contribution in [2.45, 2.75) is 141 Å². The first kappa shape index (κ1) is 44.1. The van der Waals surface area contributed by atoms with Crippen LogP contribution in [0.3, 0.4) is 0 Å². The van der Waals surface area contributed by atoms with Gasteiger partial charge in [-0.05, 0) is 106 Å². The molecule has 0 bridgehead atoms. The van der Waals surface area contributed by atoms with Gasteiger partial charge < -0.3 is 25.2 Å². The summed E-state index contributed by atoms with van der Waals surface area (Å²) < 4.78 is 13.2. The van der Waals surface area contributed by atoms with Crippen LogP contribution >= 0.6 is 0 Å². The number of piperidine rings is 2. The van der Waals surface area contributed by atoms with Crippen molar-refractivity contribution in [1.29, 1.82) is 0 Å². The molecule has 0 aliphatic carbocycles. The van der Waals surface area contributed by atoms with E-state index in [9.17, 15) is 14.7 Å². The number of hydrogen-bond donors (Lipinski definition) is 3. The lowest BCUT2D eigenvalue weighted by atomic mass is 9.74. The molecule has 59 heavy (non-hydrogen) atoms. The molecule has 4 aromatic rings. The van der Waals surface area contributed by atoms with Crippen LogP contribution in [0.1, 0.15) is 162 Å². The Balaban J connectivity index is 1.34. The molecule has 3 N–H and O–H groups in total. The Bertz CT molecular complexity index is 2100. The number of phenolic OH excluding ortho intramolecular Hbond substituents is 1. The van der Waals surface area contributed by atoms with E-state index in [0.717, 1.165) is 59.6 Å². The van der Waals surface area contributed by atoms with Gasteiger partial charge in [0.05, 0.1) is 5.56 Å². The van der Waals surface area contributed by atoms with Gasteiger partial charge in [-0.25, -0.2) is 9.59 Å². The van der Waals surface area contributed by atoms with Gasteiger partial charge >= 0.3 is 11.9 Å². The Morgan fingerprint density at radius 3 is 1.58 bits per heavy atom. The van der Waals surface area contributed by atoms with E-state index < -0.39 is 22.6 Å². The average Bonchev–Trinajstić information content (AvgIpc) is 3.17. The molecule has 0 radical (unpaired) electrons. The molecule has 2 aliphatic heterocycles. The maximum absolute atomic E-state index is 14.4. The van der Waals surface area contributed by atoms with Crippen molar-refractivity contribution in [1.82, 2.24) is 10.6 Å². The fraction of sp³-hybridized carbons (Fsp3) is 0.500. The zero-order chi connectivity index (χ0) is 43.0. The van der Waals surface area contributed by atoms with Gasteiger partial charge in [-0.1, -0.05) is 143 Å². The number of carbonyl (C=O) groups is 2. The molecule has 4 aromatic carbocycles. The first-order chi connectivity index (χ1) is 27.5. The van der Waals surface area contributed by atoms with Crippen molar-refractivity contribution in [3.63, 3.8) is 0 Å². The largest absolute Gasteiger partial charge is 0.507 e. The summed E-state index contributed by atoms with van der Waals surface area (Å²) >= 11 is 0. The van der Waals surface area contributed by atoms with Crippen molar-refractivity contribution in [2.75, 3.05) is 26.2 Å². The second-order valence-corrected chi connectivity index (χ2v) is 20.9. The SMILES string of the molecule is CC(C)(C)c1cc(C(=O)OC2(c3cccc(CC(C)(C)c4cc(C(C)(C)C)cc(C(=O)OC5(c6ccccc6)CCNCC5)c4O)c3)CCNCC2)cc(C(C)(C)C)c1. The summed E-state index contributed by atoms with van der Waals surface area (Å²) in [7, 11) is 0. The number of phenols is 1. The van der Waals surface area contributed by atoms with Gasteiger partial charge in [-0.3, -0.25) is 0 Å². The summed E-state index contributed by atoms with van der Waals surface area (Å²) in [6.45, 7) is 26.6. The van der Waals surface area contributed by atoms with E-state index in [1.807, 2.05) is 54.6 Å². The summed E-state index contributed by atoms with van der Waals surface area (Å²) in [6, 6.07) is 28.5. The summed E-state index contributed by atoms with van der Waals surface area (Å²) in [5, 5.41) is 19.0. The molecular weight excluding hydrogens is 733 g/mol. The van der Waals surface area contributed by atoms with Gasteiger partial charge in [0, 0.05) is 31.2 Å². The summed E-state index contributed by atoms with van der Waals surface area (Å²) in [4.78, 5) is 28.7. The lowest BCUT2D eigenvalue weighted by Crippen LogP contribution is -2.43. The monoisotopic (exact) mass is 801 g/mol. The van der Waals surface area contributed by atoms with Crippen molar-refractivity contribution in [3.05, 3.63) is 135 Å². The van der Waals surface area contributed by atoms with E-state index in [2.05, 4.69) is 117 Å². The molecule has 7 nitrogen and oxygen atoms in total. The average molecular weight is 801 g/mol. The van der Waals surface area contributed by atoms with E-state index in [1.165, 1.54) is 0 Å². The Morgan fingerprint density at radius 2 is 1.05 bits per heavy atom. The molecule has 0 amide bonds. The van der Waals surface area contributed by atoms with Gasteiger partial charge in [0.2, 0.25) is 0 Å². The normalized spacial score (nSPS) is 17.3. The van der Waals surface area contributed by atoms with Crippen LogP contribution in [0, 0.1) is 0 Å². The molecule has 0 atom stereocenters. The third kappa shape index (κ3) is 9.79. The van der Waals surface area contributed by atoms with Crippen LogP contribution in [0.4, 0.5) is 0 Å². The van der Waals surface area contributed by atoms with Crippen LogP contribution in [0.2, 0.25) is 0 Å². The molecule has 6 rings (SSSR count). The topological polar surface area (TPSA) is 96.9 Å². The van der Waals surface area contributed by atoms with Crippen LogP contribution in [-0.4, -0.2) is 43.2 Å². The van der Waals surface area contributed by atoms with Gasteiger partial charge in [0.1, 0.15) is 22.5 Å². The minimum Gasteiger partial charge on any atom is -0.507 e. The van der Waals surface area contributed by atoms with Gasteiger partial charge in [-0.2, -0.15) is 0 Å². The zero-order valence-electron chi connectivity index (χ0n) is 37.5. The maximum atomic E-state index is 14.4. The molecule has 7 heteroatoms. The summed E-state index contributed by atoms with van der Waals surface area (Å²) in [6.07, 6.45) is 3.16. The van der Waals surface area contributed by atoms with Crippen LogP contribution in [-0.2, 0) is 48.8 Å². The van der Waals surface area contributed by atoms with E-state index >= 15 is 0 Å². The second-order valence-electron chi connectivity index (χ2n) is 20.9. The van der Waals surface area contributed by atoms with Crippen LogP contribution < -0.4 is 10.6 Å². The molecule has 0 saturated carbocycles. The van der Waals surface area contributed by atoms with E-state index in [1.54, 1.807) is 0 Å². The van der Waals surface area contributed by atoms with Crippen molar-refractivity contribution < 1.29 is 24.2 Å². The van der Waals surface area contributed by atoms with E-state index in [4.69, 9.17) is 9.47 Å².